The van der Waals surface area contributed by atoms with Crippen molar-refractivity contribution in [3.63, 3.8) is 0 Å². The zero-order chi connectivity index (χ0) is 20.5. The molecule has 0 bridgehead atoms. The van der Waals surface area contributed by atoms with Gasteiger partial charge in [-0.1, -0.05) is 0 Å². The van der Waals surface area contributed by atoms with E-state index in [1.165, 1.54) is 6.42 Å². The van der Waals surface area contributed by atoms with Crippen LogP contribution in [0.25, 0.3) is 0 Å². The van der Waals surface area contributed by atoms with Gasteiger partial charge in [-0.3, -0.25) is 29.4 Å². The normalized spacial score (nSPS) is 24.7. The second kappa shape index (κ2) is 7.94. The molecule has 8 heteroatoms. The van der Waals surface area contributed by atoms with E-state index in [1.54, 1.807) is 12.1 Å². The standard InChI is InChI=1S/C21H26N4O4/c22-10-3-5-13-4-1-2-11-24(13)14-6-7-15-16(12-14)21(29)25(20(15)28)17-8-9-18(26)23-19(17)27/h6-7,12-13,17H,1-5,8-11,22H2,(H,23,26,27). The summed E-state index contributed by atoms with van der Waals surface area (Å²) in [6, 6.07) is 4.80. The molecule has 29 heavy (non-hydrogen) atoms. The zero-order valence-corrected chi connectivity index (χ0v) is 16.4. The van der Waals surface area contributed by atoms with Crippen molar-refractivity contribution in [1.82, 2.24) is 10.2 Å². The summed E-state index contributed by atoms with van der Waals surface area (Å²) in [5.74, 6) is -1.89. The monoisotopic (exact) mass is 398 g/mol. The molecule has 0 aromatic heterocycles. The third-order valence-electron chi connectivity index (χ3n) is 6.12. The first-order chi connectivity index (χ1) is 14.0. The maximum Gasteiger partial charge on any atom is 0.262 e. The molecule has 2 atom stereocenters. The van der Waals surface area contributed by atoms with Crippen molar-refractivity contribution in [2.75, 3.05) is 18.0 Å². The Morgan fingerprint density at radius 3 is 2.59 bits per heavy atom. The number of amides is 4. The lowest BCUT2D eigenvalue weighted by Crippen LogP contribution is -2.54. The number of fused-ring (bicyclic) bond motifs is 1. The molecule has 154 valence electrons. The third-order valence-corrected chi connectivity index (χ3v) is 6.12. The largest absolute Gasteiger partial charge is 0.369 e. The quantitative estimate of drug-likeness (QED) is 0.721. The van der Waals surface area contributed by atoms with E-state index in [0.717, 1.165) is 42.8 Å². The number of rotatable bonds is 5. The average Bonchev–Trinajstić information content (AvgIpc) is 2.97. The van der Waals surface area contributed by atoms with Gasteiger partial charge in [0, 0.05) is 24.7 Å². The van der Waals surface area contributed by atoms with Crippen molar-refractivity contribution in [2.24, 2.45) is 5.73 Å². The first kappa shape index (κ1) is 19.6. The van der Waals surface area contributed by atoms with E-state index in [9.17, 15) is 19.2 Å². The molecule has 3 N–H and O–H groups in total. The molecule has 8 nitrogen and oxygen atoms in total. The van der Waals surface area contributed by atoms with E-state index in [2.05, 4.69) is 10.2 Å². The first-order valence-corrected chi connectivity index (χ1v) is 10.3. The number of nitrogens with one attached hydrogen (secondary N) is 1. The summed E-state index contributed by atoms with van der Waals surface area (Å²) in [6.45, 7) is 1.56. The number of nitrogens with two attached hydrogens (primary N) is 1. The average molecular weight is 398 g/mol. The topological polar surface area (TPSA) is 113 Å². The van der Waals surface area contributed by atoms with Crippen LogP contribution in [0.3, 0.4) is 0 Å². The summed E-state index contributed by atoms with van der Waals surface area (Å²) in [5, 5.41) is 2.22. The van der Waals surface area contributed by atoms with Crippen LogP contribution in [0, 0.1) is 0 Å². The minimum atomic E-state index is -0.934. The van der Waals surface area contributed by atoms with Gasteiger partial charge in [0.15, 0.2) is 0 Å². The van der Waals surface area contributed by atoms with Crippen molar-refractivity contribution in [2.45, 2.75) is 57.0 Å². The smallest absolute Gasteiger partial charge is 0.262 e. The predicted octanol–water partition coefficient (Wildman–Crippen LogP) is 1.19. The minimum absolute atomic E-state index is 0.117. The lowest BCUT2D eigenvalue weighted by molar-refractivity contribution is -0.136. The Bertz CT molecular complexity index is 868. The fourth-order valence-electron chi connectivity index (χ4n) is 4.63. The molecule has 2 saturated heterocycles. The number of piperidine rings is 2. The molecule has 4 rings (SSSR count). The van der Waals surface area contributed by atoms with Gasteiger partial charge in [0.25, 0.3) is 11.8 Å². The Balaban J connectivity index is 1.60. The van der Waals surface area contributed by atoms with Crippen molar-refractivity contribution in [1.29, 1.82) is 0 Å². The maximum absolute atomic E-state index is 13.0. The molecular weight excluding hydrogens is 372 g/mol. The molecule has 0 aliphatic carbocycles. The fourth-order valence-corrected chi connectivity index (χ4v) is 4.63. The molecule has 2 unspecified atom stereocenters. The van der Waals surface area contributed by atoms with Gasteiger partial charge in [-0.25, -0.2) is 0 Å². The van der Waals surface area contributed by atoms with Gasteiger partial charge >= 0.3 is 0 Å². The molecule has 1 aromatic carbocycles. The number of benzene rings is 1. The third kappa shape index (κ3) is 3.53. The highest BCUT2D eigenvalue weighted by Crippen LogP contribution is 2.33. The molecule has 0 saturated carbocycles. The van der Waals surface area contributed by atoms with Crippen LogP contribution in [-0.2, 0) is 9.59 Å². The van der Waals surface area contributed by atoms with Crippen molar-refractivity contribution in [3.05, 3.63) is 29.3 Å². The fraction of sp³-hybridized carbons (Fsp3) is 0.524. The lowest BCUT2D eigenvalue weighted by Gasteiger charge is -2.38. The number of carbonyl (C=O) groups is 4. The summed E-state index contributed by atoms with van der Waals surface area (Å²) >= 11 is 0. The second-order valence-electron chi connectivity index (χ2n) is 7.95. The molecule has 3 aliphatic rings. The van der Waals surface area contributed by atoms with Crippen LogP contribution in [0.5, 0.6) is 0 Å². The van der Waals surface area contributed by atoms with Gasteiger partial charge in [0.05, 0.1) is 11.1 Å². The SMILES string of the molecule is NCCCC1CCCCN1c1ccc2c(c1)C(=O)N(C1CCC(=O)NC1=O)C2=O. The Kier molecular flexibility index (Phi) is 5.36. The predicted molar refractivity (Wildman–Crippen MR) is 106 cm³/mol. The van der Waals surface area contributed by atoms with Crippen LogP contribution in [0.1, 0.15) is 65.7 Å². The van der Waals surface area contributed by atoms with Crippen molar-refractivity contribution < 1.29 is 19.2 Å². The Hall–Kier alpha value is -2.74. The van der Waals surface area contributed by atoms with Gasteiger partial charge in [-0.15, -0.1) is 0 Å². The molecule has 0 radical (unpaired) electrons. The Morgan fingerprint density at radius 2 is 1.83 bits per heavy atom. The van der Waals surface area contributed by atoms with Crippen molar-refractivity contribution >= 4 is 29.3 Å². The zero-order valence-electron chi connectivity index (χ0n) is 16.4. The second-order valence-corrected chi connectivity index (χ2v) is 7.95. The van der Waals surface area contributed by atoms with E-state index < -0.39 is 23.8 Å². The summed E-state index contributed by atoms with van der Waals surface area (Å²) < 4.78 is 0. The minimum Gasteiger partial charge on any atom is -0.369 e. The number of hydrogen-bond acceptors (Lipinski definition) is 6. The van der Waals surface area contributed by atoms with Gasteiger partial charge in [-0.2, -0.15) is 0 Å². The highest BCUT2D eigenvalue weighted by Gasteiger charge is 2.44. The van der Waals surface area contributed by atoms with Crippen LogP contribution >= 0.6 is 0 Å². The first-order valence-electron chi connectivity index (χ1n) is 10.3. The van der Waals surface area contributed by atoms with Crippen LogP contribution in [0.2, 0.25) is 0 Å². The van der Waals surface area contributed by atoms with Crippen LogP contribution < -0.4 is 16.0 Å². The van der Waals surface area contributed by atoms with Gasteiger partial charge in [0.1, 0.15) is 6.04 Å². The number of anilines is 1. The summed E-state index contributed by atoms with van der Waals surface area (Å²) in [6.07, 6.45) is 5.59. The van der Waals surface area contributed by atoms with E-state index in [-0.39, 0.29) is 18.7 Å². The number of hydrogen-bond donors (Lipinski definition) is 2. The van der Waals surface area contributed by atoms with Crippen LogP contribution in [-0.4, -0.2) is 53.7 Å². The molecule has 3 aliphatic heterocycles. The molecule has 1 aromatic rings. The van der Waals surface area contributed by atoms with E-state index in [0.29, 0.717) is 23.7 Å². The number of imide groups is 2. The summed E-state index contributed by atoms with van der Waals surface area (Å²) in [7, 11) is 0. The van der Waals surface area contributed by atoms with Crippen molar-refractivity contribution in [3.8, 4) is 0 Å². The number of carbonyl (C=O) groups excluding carboxylic acids is 4. The van der Waals surface area contributed by atoms with E-state index in [4.69, 9.17) is 5.73 Å². The molecule has 2 fully saturated rings. The molecule has 3 heterocycles. The molecule has 0 spiro atoms. The maximum atomic E-state index is 13.0. The highest BCUT2D eigenvalue weighted by atomic mass is 16.2. The summed E-state index contributed by atoms with van der Waals surface area (Å²) in [5.41, 5.74) is 7.26. The molecule has 4 amide bonds. The van der Waals surface area contributed by atoms with Gasteiger partial charge in [-0.05, 0) is 63.3 Å². The highest BCUT2D eigenvalue weighted by molar-refractivity contribution is 6.23. The number of nitrogens with zero attached hydrogens (tertiary/aromatic N) is 2. The van der Waals surface area contributed by atoms with E-state index in [1.807, 2.05) is 6.07 Å². The Morgan fingerprint density at radius 1 is 1.03 bits per heavy atom. The van der Waals surface area contributed by atoms with Crippen LogP contribution in [0.15, 0.2) is 18.2 Å². The van der Waals surface area contributed by atoms with Crippen LogP contribution in [0.4, 0.5) is 5.69 Å². The Labute approximate surface area is 169 Å². The summed E-state index contributed by atoms with van der Waals surface area (Å²) in [4.78, 5) is 52.8. The van der Waals surface area contributed by atoms with Gasteiger partial charge in [0.2, 0.25) is 11.8 Å². The lowest BCUT2D eigenvalue weighted by atomic mass is 9.96. The van der Waals surface area contributed by atoms with Gasteiger partial charge < -0.3 is 10.6 Å². The van der Waals surface area contributed by atoms with E-state index >= 15 is 0 Å². The molecular formula is C21H26N4O4.